The smallest absolute Gasteiger partial charge is 0.228 e. The summed E-state index contributed by atoms with van der Waals surface area (Å²) >= 11 is 0. The van der Waals surface area contributed by atoms with Crippen LogP contribution >= 0.6 is 0 Å². The minimum Gasteiger partial charge on any atom is -0.446 e. The number of benzene rings is 9. The van der Waals surface area contributed by atoms with Crippen molar-refractivity contribution < 1.29 is 8.94 Å². The summed E-state index contributed by atoms with van der Waals surface area (Å²) < 4.78 is 11.3. The second kappa shape index (κ2) is 50.4. The van der Waals surface area contributed by atoms with Gasteiger partial charge in [0.05, 0.1) is 99.1 Å². The number of para-hydroxylation sites is 8. The molecule has 0 spiro atoms. The van der Waals surface area contributed by atoms with Crippen molar-refractivity contribution in [2.24, 2.45) is 4.99 Å². The Kier molecular flexibility index (Phi) is 33.8. The molecule has 0 bridgehead atoms. The van der Waals surface area contributed by atoms with E-state index in [0.717, 1.165) is 95.4 Å². The van der Waals surface area contributed by atoms with Crippen LogP contribution < -0.4 is 21.6 Å². The lowest BCUT2D eigenvalue weighted by Gasteiger charge is -1.93. The van der Waals surface area contributed by atoms with Crippen LogP contribution in [0.25, 0.3) is 132 Å². The highest BCUT2D eigenvalue weighted by Gasteiger charge is 2.06. The topological polar surface area (TPSA) is 381 Å². The first-order chi connectivity index (χ1) is 67.0. The zero-order chi connectivity index (χ0) is 91.8. The molecule has 0 radical (unpaired) electrons. The SMILES string of the molecule is C1=c2cncnc2=NC1.c1ccc2[nH]ccc2c1.c1ccc2[nH]ccc2c1.c1ccc2[nH]ncc2c1.c1ccc2c(c1)CNN2.c1ccc2ccccc2c1.c1ccc2ncccc2c1.c1ccc2ncccc2c1.c1ccc2nccnc2c1.c1ccn2ccnc2c1.c1cnc2cc[nH]c2c1.c1cnc2cn[nH]c2c1.c1cnoc1.c1ncc2[nH]cnc2n1.c1ncc2ccoc2n1. The third kappa shape index (κ3) is 28.2. The maximum Gasteiger partial charge on any atom is 0.228 e. The molecule has 0 atom stereocenters. The molecule has 0 fully saturated rings. The summed E-state index contributed by atoms with van der Waals surface area (Å²) in [6, 6.07) is 105. The molecule has 0 unspecified atom stereocenters. The quantitative estimate of drug-likeness (QED) is 0.0699. The summed E-state index contributed by atoms with van der Waals surface area (Å²) in [5.74, 6) is 0. The average Bonchev–Trinajstić information content (AvgIpc) is 1.86. The van der Waals surface area contributed by atoms with E-state index in [-0.39, 0.29) is 0 Å². The monoisotopic (exact) mass is 1770 g/mol. The van der Waals surface area contributed by atoms with E-state index in [4.69, 9.17) is 4.42 Å². The summed E-state index contributed by atoms with van der Waals surface area (Å²) in [4.78, 5) is 72.2. The normalized spacial score (nSPS) is 10.6. The van der Waals surface area contributed by atoms with E-state index in [2.05, 4.69) is 257 Å². The number of anilines is 1. The van der Waals surface area contributed by atoms with E-state index in [1.807, 2.05) is 248 Å². The highest BCUT2D eigenvalue weighted by molar-refractivity contribution is 5.84. The molecule has 9 aromatic carbocycles. The largest absolute Gasteiger partial charge is 0.446 e. The Morgan fingerprint density at radius 2 is 0.830 bits per heavy atom. The molecule has 29 rings (SSSR count). The first-order valence-corrected chi connectivity index (χ1v) is 42.6. The van der Waals surface area contributed by atoms with Crippen LogP contribution in [0.4, 0.5) is 5.69 Å². The molecule has 0 saturated carbocycles. The van der Waals surface area contributed by atoms with Gasteiger partial charge in [-0.25, -0.2) is 45.3 Å². The molecule has 660 valence electrons. The van der Waals surface area contributed by atoms with E-state index in [0.29, 0.717) is 11.4 Å². The van der Waals surface area contributed by atoms with Crippen LogP contribution in [0, 0.1) is 0 Å². The second-order valence-electron chi connectivity index (χ2n) is 28.5. The predicted octanol–water partition coefficient (Wildman–Crippen LogP) is 21.0. The fourth-order valence-electron chi connectivity index (χ4n) is 12.9. The molecule has 29 nitrogen and oxygen atoms in total. The van der Waals surface area contributed by atoms with Crippen molar-refractivity contribution in [2.45, 2.75) is 6.54 Å². The number of imidazole rings is 2. The van der Waals surface area contributed by atoms with Crippen molar-refractivity contribution in [1.82, 2.24) is 125 Å². The number of rotatable bonds is 0. The van der Waals surface area contributed by atoms with Crippen LogP contribution in [-0.4, -0.2) is 126 Å². The van der Waals surface area contributed by atoms with Gasteiger partial charge in [0, 0.05) is 126 Å². The first-order valence-electron chi connectivity index (χ1n) is 42.6. The Morgan fingerprint density at radius 3 is 1.44 bits per heavy atom. The van der Waals surface area contributed by atoms with Gasteiger partial charge in [0.1, 0.15) is 41.9 Å². The van der Waals surface area contributed by atoms with Gasteiger partial charge < -0.3 is 38.7 Å². The van der Waals surface area contributed by atoms with E-state index in [1.165, 1.54) is 79.8 Å². The highest BCUT2D eigenvalue weighted by Crippen LogP contribution is 2.19. The number of hydrazine groups is 1. The maximum atomic E-state index is 4.97. The number of aromatic amines is 6. The molecular weight excluding hydrogens is 1680 g/mol. The van der Waals surface area contributed by atoms with Crippen LogP contribution in [-0.2, 0) is 6.54 Å². The summed E-state index contributed by atoms with van der Waals surface area (Å²) in [6.45, 7) is 1.70. The number of nitrogens with zero attached hydrogens (tertiary/aromatic N) is 19. The third-order valence-corrected chi connectivity index (χ3v) is 19.5. The molecule has 0 amide bonds. The van der Waals surface area contributed by atoms with E-state index in [1.54, 1.807) is 80.6 Å². The van der Waals surface area contributed by atoms with Crippen LogP contribution in [0.1, 0.15) is 5.56 Å². The molecule has 8 N–H and O–H groups in total. The van der Waals surface area contributed by atoms with Crippen LogP contribution in [0.2, 0.25) is 0 Å². The number of fused-ring (bicyclic) bond motifs is 14. The van der Waals surface area contributed by atoms with Gasteiger partial charge in [-0.3, -0.25) is 45.1 Å². The fourth-order valence-corrected chi connectivity index (χ4v) is 12.9. The summed E-state index contributed by atoms with van der Waals surface area (Å²) in [5.41, 5.74) is 24.2. The van der Waals surface area contributed by atoms with Crippen molar-refractivity contribution in [3.05, 3.63) is 481 Å². The molecule has 135 heavy (non-hydrogen) atoms. The van der Waals surface area contributed by atoms with E-state index >= 15 is 0 Å². The standard InChI is InChI=1S/C10H8.2C9H7N.C8H6N2.2C8H7N.2C7H6N2.C7H8N2.C7H6N2.2C6H5N3.C6H4N2O.C5H4N4.C3H3NO/c1-2-6-10-8-4-3-7-9(10)5-1;2*1-2-6-9-8(4-1)5-3-7-10-9;1-2-4-8-7(3-1)9-5-6-10-8;2*1-2-4-8-7(3-1)5-6-9-8;1-2-6-7(8-4-1)3-5-9-6;1-2-5-9-6-4-8-7(9)3-1;2*1-2-4-7-6(3-1)5-8-9-7;1-2-8-6-5(1)3-7-4-9-6;1-2-5-6(7-3-1)4-8-9-5;1-2-9-6-5(1)3-7-4-8-6;1-4-5(8-2-6-1)9-3-7-4;1-2-4-5-3-1/h1-8H;2*1-7H;1-6H;2*1-6,9H;1-5,9H;1-6H;1-4,8-9H,5H2;1-5H,(H,8,9);1,3-4H,2H2;1-4H,(H,8,9);1-4H;1-3H,(H,6,7,8,9);1-3H. The molecule has 2 aliphatic heterocycles. The van der Waals surface area contributed by atoms with Crippen molar-refractivity contribution in [3.63, 3.8) is 0 Å². The number of pyridine rings is 5. The number of furan rings is 1. The molecule has 27 aromatic rings. The van der Waals surface area contributed by atoms with Gasteiger partial charge in [-0.1, -0.05) is 199 Å². The minimum absolute atomic E-state index is 0.644. The number of nitrogens with one attached hydrogen (secondary N) is 8. The predicted molar refractivity (Wildman–Crippen MR) is 534 cm³/mol. The molecule has 0 aliphatic carbocycles. The first kappa shape index (κ1) is 90.6. The number of H-pyrrole nitrogens is 6. The van der Waals surface area contributed by atoms with Gasteiger partial charge in [-0.05, 0) is 155 Å². The zero-order valence-electron chi connectivity index (χ0n) is 72.7. The minimum atomic E-state index is 0.644. The molecule has 18 aromatic heterocycles. The molecule has 29 heteroatoms. The van der Waals surface area contributed by atoms with Gasteiger partial charge >= 0.3 is 0 Å². The Bertz CT molecular complexity index is 6560. The van der Waals surface area contributed by atoms with Crippen molar-refractivity contribution in [2.75, 3.05) is 12.0 Å². The van der Waals surface area contributed by atoms with Crippen LogP contribution in [0.3, 0.4) is 0 Å². The Morgan fingerprint density at radius 1 is 0.304 bits per heavy atom. The van der Waals surface area contributed by atoms with Crippen LogP contribution in [0.15, 0.2) is 479 Å². The van der Waals surface area contributed by atoms with Gasteiger partial charge in [0.15, 0.2) is 11.1 Å². The van der Waals surface area contributed by atoms with Gasteiger partial charge in [0.2, 0.25) is 5.71 Å². The lowest BCUT2D eigenvalue weighted by molar-refractivity contribution is 0.420. The number of aromatic nitrogens is 24. The fraction of sp³-hybridized carbons (Fsp3) is 0.0189. The average molecular weight is 1770 g/mol. The van der Waals surface area contributed by atoms with Gasteiger partial charge in [-0.2, -0.15) is 10.2 Å². The lowest BCUT2D eigenvalue weighted by atomic mass is 10.1. The van der Waals surface area contributed by atoms with Crippen LogP contribution in [0.5, 0.6) is 0 Å². The highest BCUT2D eigenvalue weighted by atomic mass is 16.5. The maximum absolute atomic E-state index is 4.97. The van der Waals surface area contributed by atoms with E-state index < -0.39 is 0 Å². The number of hydrogen-bond acceptors (Lipinski definition) is 22. The van der Waals surface area contributed by atoms with E-state index in [9.17, 15) is 0 Å². The Labute approximate surface area is 772 Å². The second-order valence-corrected chi connectivity index (χ2v) is 28.5. The molecule has 2 aliphatic rings. The Balaban J connectivity index is 0.000000110. The number of hydrogen-bond donors (Lipinski definition) is 8. The summed E-state index contributed by atoms with van der Waals surface area (Å²) in [5, 5.41) is 27.4. The molecule has 20 heterocycles. The zero-order valence-corrected chi connectivity index (χ0v) is 72.7. The Hall–Kier alpha value is -19.2. The van der Waals surface area contributed by atoms with Gasteiger partial charge in [0.25, 0.3) is 0 Å². The lowest BCUT2D eigenvalue weighted by Crippen LogP contribution is -2.24. The summed E-state index contributed by atoms with van der Waals surface area (Å²) in [7, 11) is 0. The molecule has 0 saturated heterocycles. The van der Waals surface area contributed by atoms with Crippen molar-refractivity contribution >= 4 is 138 Å². The molecular formula is C106H89N27O2. The van der Waals surface area contributed by atoms with Crippen molar-refractivity contribution in [3.8, 4) is 0 Å². The van der Waals surface area contributed by atoms with Crippen molar-refractivity contribution in [1.29, 1.82) is 0 Å². The third-order valence-electron chi connectivity index (χ3n) is 19.5. The van der Waals surface area contributed by atoms with Gasteiger partial charge in [-0.15, -0.1) is 0 Å². The summed E-state index contributed by atoms with van der Waals surface area (Å²) in [6.07, 6.45) is 43.5.